The van der Waals surface area contributed by atoms with Crippen LogP contribution in [0.3, 0.4) is 0 Å². The summed E-state index contributed by atoms with van der Waals surface area (Å²) < 4.78 is 1.48. The molecule has 0 aliphatic carbocycles. The molecular weight excluding hydrogens is 232 g/mol. The summed E-state index contributed by atoms with van der Waals surface area (Å²) in [6, 6.07) is 3.47. The van der Waals surface area contributed by atoms with E-state index in [1.165, 1.54) is 4.68 Å². The van der Waals surface area contributed by atoms with Gasteiger partial charge in [0.25, 0.3) is 0 Å². The number of aromatic amines is 1. The average Bonchev–Trinajstić information content (AvgIpc) is 2.89. The van der Waals surface area contributed by atoms with Crippen molar-refractivity contribution in [1.29, 1.82) is 0 Å². The standard InChI is InChI=1S/C11H16N6O/c1-2-3-8-6-10(15-14-8)13-11(18)7-17-5-4-9(12)16-17/h4-6H,2-3,7H2,1H3,(H2,12,16)(H2,13,14,15,18). The van der Waals surface area contributed by atoms with E-state index in [2.05, 4.69) is 27.5 Å². The van der Waals surface area contributed by atoms with E-state index in [9.17, 15) is 4.79 Å². The summed E-state index contributed by atoms with van der Waals surface area (Å²) in [5.41, 5.74) is 6.47. The van der Waals surface area contributed by atoms with Crippen molar-refractivity contribution in [3.63, 3.8) is 0 Å². The molecule has 0 aromatic carbocycles. The predicted molar refractivity (Wildman–Crippen MR) is 67.9 cm³/mol. The summed E-state index contributed by atoms with van der Waals surface area (Å²) in [6.07, 6.45) is 3.60. The van der Waals surface area contributed by atoms with Crippen LogP contribution in [0.4, 0.5) is 11.6 Å². The average molecular weight is 248 g/mol. The molecule has 1 amide bonds. The molecule has 0 saturated carbocycles. The number of nitrogens with two attached hydrogens (primary N) is 1. The van der Waals surface area contributed by atoms with Crippen LogP contribution in [0.5, 0.6) is 0 Å². The highest BCUT2D eigenvalue weighted by atomic mass is 16.2. The summed E-state index contributed by atoms with van der Waals surface area (Å²) in [5.74, 6) is 0.740. The third kappa shape index (κ3) is 3.09. The van der Waals surface area contributed by atoms with Gasteiger partial charge in [0.05, 0.1) is 0 Å². The lowest BCUT2D eigenvalue weighted by Gasteiger charge is -2.01. The highest BCUT2D eigenvalue weighted by Gasteiger charge is 2.07. The fourth-order valence-electron chi connectivity index (χ4n) is 1.62. The quantitative estimate of drug-likeness (QED) is 0.727. The zero-order chi connectivity index (χ0) is 13.0. The Kier molecular flexibility index (Phi) is 3.61. The number of hydrogen-bond donors (Lipinski definition) is 3. The number of rotatable bonds is 5. The van der Waals surface area contributed by atoms with Crippen molar-refractivity contribution in [2.75, 3.05) is 11.1 Å². The third-order valence-corrected chi connectivity index (χ3v) is 2.38. The molecule has 0 atom stereocenters. The van der Waals surface area contributed by atoms with E-state index >= 15 is 0 Å². The summed E-state index contributed by atoms with van der Waals surface area (Å²) in [5, 5.41) is 13.5. The van der Waals surface area contributed by atoms with Crippen LogP contribution in [0.2, 0.25) is 0 Å². The maximum absolute atomic E-state index is 11.7. The number of H-pyrrole nitrogens is 1. The molecule has 2 aromatic heterocycles. The second kappa shape index (κ2) is 5.35. The van der Waals surface area contributed by atoms with E-state index in [0.29, 0.717) is 11.6 Å². The predicted octanol–water partition coefficient (Wildman–Crippen LogP) is 0.780. The number of hydrogen-bond acceptors (Lipinski definition) is 4. The molecule has 0 fully saturated rings. The SMILES string of the molecule is CCCc1cc(NC(=O)Cn2ccc(N)n2)n[nH]1. The molecule has 4 N–H and O–H groups in total. The van der Waals surface area contributed by atoms with Gasteiger partial charge in [-0.3, -0.25) is 14.6 Å². The first-order valence-electron chi connectivity index (χ1n) is 5.80. The second-order valence-corrected chi connectivity index (χ2v) is 4.01. The van der Waals surface area contributed by atoms with Crippen LogP contribution in [-0.2, 0) is 17.8 Å². The molecule has 7 heteroatoms. The molecule has 2 heterocycles. The smallest absolute Gasteiger partial charge is 0.247 e. The van der Waals surface area contributed by atoms with Crippen molar-refractivity contribution in [3.05, 3.63) is 24.0 Å². The van der Waals surface area contributed by atoms with Crippen LogP contribution in [0, 0.1) is 0 Å². The van der Waals surface area contributed by atoms with E-state index in [-0.39, 0.29) is 12.5 Å². The molecule has 96 valence electrons. The van der Waals surface area contributed by atoms with Gasteiger partial charge in [-0.15, -0.1) is 0 Å². The zero-order valence-electron chi connectivity index (χ0n) is 10.2. The first-order chi connectivity index (χ1) is 8.67. The Hall–Kier alpha value is -2.31. The minimum Gasteiger partial charge on any atom is -0.382 e. The van der Waals surface area contributed by atoms with Crippen molar-refractivity contribution < 1.29 is 4.79 Å². The molecule has 7 nitrogen and oxygen atoms in total. The number of nitrogen functional groups attached to an aromatic ring is 1. The van der Waals surface area contributed by atoms with Crippen LogP contribution in [0.25, 0.3) is 0 Å². The molecule has 0 aliphatic heterocycles. The maximum Gasteiger partial charge on any atom is 0.247 e. The number of anilines is 2. The molecule has 0 unspecified atom stereocenters. The van der Waals surface area contributed by atoms with Gasteiger partial charge in [-0.1, -0.05) is 13.3 Å². The van der Waals surface area contributed by atoms with E-state index in [0.717, 1.165) is 18.5 Å². The second-order valence-electron chi connectivity index (χ2n) is 4.01. The van der Waals surface area contributed by atoms with Gasteiger partial charge in [0, 0.05) is 18.0 Å². The third-order valence-electron chi connectivity index (χ3n) is 2.38. The Bertz CT molecular complexity index is 529. The fraction of sp³-hybridized carbons (Fsp3) is 0.364. The largest absolute Gasteiger partial charge is 0.382 e. The van der Waals surface area contributed by atoms with Gasteiger partial charge in [0.2, 0.25) is 5.91 Å². The van der Waals surface area contributed by atoms with E-state index < -0.39 is 0 Å². The number of nitrogens with zero attached hydrogens (tertiary/aromatic N) is 3. The van der Waals surface area contributed by atoms with E-state index in [4.69, 9.17) is 5.73 Å². The topological polar surface area (TPSA) is 102 Å². The van der Waals surface area contributed by atoms with Gasteiger partial charge in [-0.25, -0.2) is 0 Å². The lowest BCUT2D eigenvalue weighted by molar-refractivity contribution is -0.116. The normalized spacial score (nSPS) is 10.5. The van der Waals surface area contributed by atoms with Gasteiger partial charge < -0.3 is 11.1 Å². The van der Waals surface area contributed by atoms with Gasteiger partial charge in [-0.05, 0) is 12.5 Å². The van der Waals surface area contributed by atoms with Crippen molar-refractivity contribution >= 4 is 17.5 Å². The van der Waals surface area contributed by atoms with Gasteiger partial charge in [-0.2, -0.15) is 10.2 Å². The highest BCUT2D eigenvalue weighted by Crippen LogP contribution is 2.07. The Morgan fingerprint density at radius 2 is 2.44 bits per heavy atom. The molecule has 0 bridgehead atoms. The first kappa shape index (κ1) is 12.2. The van der Waals surface area contributed by atoms with Crippen LogP contribution < -0.4 is 11.1 Å². The van der Waals surface area contributed by atoms with E-state index in [1.54, 1.807) is 12.3 Å². The Morgan fingerprint density at radius 1 is 1.61 bits per heavy atom. The van der Waals surface area contributed by atoms with Gasteiger partial charge in [0.1, 0.15) is 12.4 Å². The molecular formula is C11H16N6O. The molecule has 0 aliphatic rings. The summed E-state index contributed by atoms with van der Waals surface area (Å²) >= 11 is 0. The monoisotopic (exact) mass is 248 g/mol. The maximum atomic E-state index is 11.7. The Morgan fingerprint density at radius 3 is 3.11 bits per heavy atom. The molecule has 0 radical (unpaired) electrons. The van der Waals surface area contributed by atoms with Crippen molar-refractivity contribution in [3.8, 4) is 0 Å². The fourth-order valence-corrected chi connectivity index (χ4v) is 1.62. The minimum absolute atomic E-state index is 0.118. The summed E-state index contributed by atoms with van der Waals surface area (Å²) in [7, 11) is 0. The zero-order valence-corrected chi connectivity index (χ0v) is 10.2. The lowest BCUT2D eigenvalue weighted by Crippen LogP contribution is -2.19. The van der Waals surface area contributed by atoms with Crippen molar-refractivity contribution in [2.45, 2.75) is 26.3 Å². The van der Waals surface area contributed by atoms with E-state index in [1.807, 2.05) is 6.07 Å². The molecule has 18 heavy (non-hydrogen) atoms. The van der Waals surface area contributed by atoms with Crippen LogP contribution in [-0.4, -0.2) is 25.9 Å². The Labute approximate surface area is 104 Å². The molecule has 0 saturated heterocycles. The van der Waals surface area contributed by atoms with Gasteiger partial charge in [0.15, 0.2) is 5.82 Å². The number of nitrogens with one attached hydrogen (secondary N) is 2. The van der Waals surface area contributed by atoms with Crippen LogP contribution in [0.15, 0.2) is 18.3 Å². The lowest BCUT2D eigenvalue weighted by atomic mass is 10.2. The number of carbonyl (C=O) groups is 1. The molecule has 0 spiro atoms. The number of aromatic nitrogens is 4. The molecule has 2 aromatic rings. The first-order valence-corrected chi connectivity index (χ1v) is 5.80. The summed E-state index contributed by atoms with van der Waals surface area (Å²) in [6.45, 7) is 2.20. The van der Waals surface area contributed by atoms with Crippen LogP contribution >= 0.6 is 0 Å². The Balaban J connectivity index is 1.90. The van der Waals surface area contributed by atoms with Crippen molar-refractivity contribution in [2.24, 2.45) is 0 Å². The number of amides is 1. The van der Waals surface area contributed by atoms with Gasteiger partial charge >= 0.3 is 0 Å². The van der Waals surface area contributed by atoms with Crippen LogP contribution in [0.1, 0.15) is 19.0 Å². The number of carbonyl (C=O) groups excluding carboxylic acids is 1. The minimum atomic E-state index is -0.187. The summed E-state index contributed by atoms with van der Waals surface area (Å²) in [4.78, 5) is 11.7. The number of aryl methyl sites for hydroxylation is 1. The molecule has 2 rings (SSSR count). The highest BCUT2D eigenvalue weighted by molar-refractivity contribution is 5.89. The van der Waals surface area contributed by atoms with Crippen molar-refractivity contribution in [1.82, 2.24) is 20.0 Å².